The van der Waals surface area contributed by atoms with Gasteiger partial charge in [0, 0.05) is 10.9 Å². The van der Waals surface area contributed by atoms with E-state index in [9.17, 15) is 0 Å². The van der Waals surface area contributed by atoms with Crippen LogP contribution >= 0.6 is 15.9 Å². The summed E-state index contributed by atoms with van der Waals surface area (Å²) in [6, 6.07) is 8.19. The molecule has 0 fully saturated rings. The van der Waals surface area contributed by atoms with E-state index in [1.165, 1.54) is 5.56 Å². The van der Waals surface area contributed by atoms with E-state index >= 15 is 0 Å². The molecule has 3 heteroatoms. The van der Waals surface area contributed by atoms with Crippen LogP contribution in [-0.2, 0) is 4.84 Å². The summed E-state index contributed by atoms with van der Waals surface area (Å²) in [6.07, 6.45) is 0. The number of hydrogen-bond acceptors (Lipinski definition) is 2. The van der Waals surface area contributed by atoms with Gasteiger partial charge in [0.2, 0.25) is 0 Å². The zero-order chi connectivity index (χ0) is 9.68. The topological polar surface area (TPSA) is 21.6 Å². The second-order valence-electron chi connectivity index (χ2n) is 2.72. The monoisotopic (exact) mass is 241 g/mol. The van der Waals surface area contributed by atoms with Gasteiger partial charge >= 0.3 is 0 Å². The number of nitrogens with zero attached hydrogens (tertiary/aromatic N) is 1. The predicted octanol–water partition coefficient (Wildman–Crippen LogP) is 2.74. The van der Waals surface area contributed by atoms with Crippen molar-refractivity contribution in [3.8, 4) is 0 Å². The van der Waals surface area contributed by atoms with E-state index in [0.717, 1.165) is 11.3 Å². The van der Waals surface area contributed by atoms with E-state index in [4.69, 9.17) is 4.84 Å². The fourth-order valence-corrected chi connectivity index (χ4v) is 1.44. The smallest absolute Gasteiger partial charge is 0.106 e. The highest BCUT2D eigenvalue weighted by Gasteiger charge is 2.01. The zero-order valence-electron chi connectivity index (χ0n) is 7.75. The Morgan fingerprint density at radius 3 is 2.46 bits per heavy atom. The lowest BCUT2D eigenvalue weighted by atomic mass is 10.1. The van der Waals surface area contributed by atoms with E-state index in [0.29, 0.717) is 5.33 Å². The molecule has 13 heavy (non-hydrogen) atoms. The van der Waals surface area contributed by atoms with Crippen molar-refractivity contribution >= 4 is 21.6 Å². The number of halogens is 1. The van der Waals surface area contributed by atoms with Gasteiger partial charge in [0.1, 0.15) is 7.11 Å². The number of rotatable bonds is 3. The minimum Gasteiger partial charge on any atom is -0.399 e. The van der Waals surface area contributed by atoms with Crippen molar-refractivity contribution in [3.05, 3.63) is 35.4 Å². The van der Waals surface area contributed by atoms with Crippen molar-refractivity contribution in [1.82, 2.24) is 0 Å². The molecule has 0 heterocycles. The van der Waals surface area contributed by atoms with Crippen LogP contribution in [0.1, 0.15) is 11.1 Å². The van der Waals surface area contributed by atoms with Crippen LogP contribution in [0.3, 0.4) is 0 Å². The predicted molar refractivity (Wildman–Crippen MR) is 58.5 cm³/mol. The molecule has 0 radical (unpaired) electrons. The molecule has 0 saturated heterocycles. The molecule has 0 aliphatic carbocycles. The number of aryl methyl sites for hydroxylation is 1. The molecule has 0 aliphatic heterocycles. The van der Waals surface area contributed by atoms with Crippen molar-refractivity contribution in [1.29, 1.82) is 0 Å². The fraction of sp³-hybridized carbons (Fsp3) is 0.300. The Hall–Kier alpha value is -0.830. The molecular formula is C10H12BrNO. The maximum atomic E-state index is 4.74. The molecular weight excluding hydrogens is 230 g/mol. The molecule has 0 N–H and O–H groups in total. The van der Waals surface area contributed by atoms with Crippen LogP contribution in [0.5, 0.6) is 0 Å². The summed E-state index contributed by atoms with van der Waals surface area (Å²) in [6.45, 7) is 2.06. The molecule has 1 aromatic rings. The first kappa shape index (κ1) is 10.3. The van der Waals surface area contributed by atoms with Gasteiger partial charge < -0.3 is 4.84 Å². The molecule has 2 nitrogen and oxygen atoms in total. The maximum Gasteiger partial charge on any atom is 0.106 e. The van der Waals surface area contributed by atoms with Gasteiger partial charge in [-0.05, 0) is 6.92 Å². The Morgan fingerprint density at radius 1 is 1.38 bits per heavy atom. The van der Waals surface area contributed by atoms with Crippen molar-refractivity contribution in [2.75, 3.05) is 12.4 Å². The summed E-state index contributed by atoms with van der Waals surface area (Å²) >= 11 is 3.36. The standard InChI is InChI=1S/C10H12BrNO/c1-8-3-5-9(6-4-8)10(7-11)12-13-2/h3-6H,7H2,1-2H3/b12-10+. The van der Waals surface area contributed by atoms with Crippen molar-refractivity contribution in [2.24, 2.45) is 5.16 Å². The molecule has 0 aromatic heterocycles. The maximum absolute atomic E-state index is 4.74. The third-order valence-corrected chi connectivity index (χ3v) is 2.24. The molecule has 70 valence electrons. The van der Waals surface area contributed by atoms with Crippen LogP contribution < -0.4 is 0 Å². The molecule has 0 atom stereocenters. The minimum absolute atomic E-state index is 0.698. The SMILES string of the molecule is CO/N=C(\CBr)c1ccc(C)cc1. The van der Waals surface area contributed by atoms with E-state index in [2.05, 4.69) is 40.1 Å². The normalized spacial score (nSPS) is 11.5. The number of oxime groups is 1. The Kier molecular flexibility index (Phi) is 3.96. The molecule has 0 bridgehead atoms. The van der Waals surface area contributed by atoms with Crippen LogP contribution in [0.2, 0.25) is 0 Å². The van der Waals surface area contributed by atoms with Gasteiger partial charge in [-0.25, -0.2) is 0 Å². The second-order valence-corrected chi connectivity index (χ2v) is 3.28. The van der Waals surface area contributed by atoms with Crippen LogP contribution in [0.15, 0.2) is 29.4 Å². The lowest BCUT2D eigenvalue weighted by Crippen LogP contribution is -2.02. The van der Waals surface area contributed by atoms with Crippen LogP contribution in [0.25, 0.3) is 0 Å². The Morgan fingerprint density at radius 2 is 2.00 bits per heavy atom. The summed E-state index contributed by atoms with van der Waals surface area (Å²) < 4.78 is 0. The van der Waals surface area contributed by atoms with Gasteiger partial charge in [-0.3, -0.25) is 0 Å². The van der Waals surface area contributed by atoms with Crippen molar-refractivity contribution in [2.45, 2.75) is 6.92 Å². The van der Waals surface area contributed by atoms with E-state index < -0.39 is 0 Å². The third-order valence-electron chi connectivity index (χ3n) is 1.71. The molecule has 0 amide bonds. The van der Waals surface area contributed by atoms with Crippen LogP contribution in [-0.4, -0.2) is 18.2 Å². The Bertz CT molecular complexity index is 292. The quantitative estimate of drug-likeness (QED) is 0.453. The van der Waals surface area contributed by atoms with Gasteiger partial charge in [0.05, 0.1) is 5.71 Å². The molecule has 1 rings (SSSR count). The molecule has 0 spiro atoms. The van der Waals surface area contributed by atoms with E-state index in [1.54, 1.807) is 7.11 Å². The van der Waals surface area contributed by atoms with Gasteiger partial charge in [0.15, 0.2) is 0 Å². The first-order valence-electron chi connectivity index (χ1n) is 4.01. The largest absolute Gasteiger partial charge is 0.399 e. The average molecular weight is 242 g/mol. The third kappa shape index (κ3) is 2.84. The lowest BCUT2D eigenvalue weighted by Gasteiger charge is -2.01. The summed E-state index contributed by atoms with van der Waals surface area (Å²) in [5, 5.41) is 4.61. The van der Waals surface area contributed by atoms with Gasteiger partial charge in [-0.1, -0.05) is 50.9 Å². The highest BCUT2D eigenvalue weighted by Crippen LogP contribution is 2.06. The Labute approximate surface area is 86.7 Å². The molecule has 0 aliphatic rings. The first-order chi connectivity index (χ1) is 6.27. The minimum atomic E-state index is 0.698. The molecule has 0 unspecified atom stereocenters. The first-order valence-corrected chi connectivity index (χ1v) is 5.13. The fourth-order valence-electron chi connectivity index (χ4n) is 1.01. The van der Waals surface area contributed by atoms with Gasteiger partial charge in [-0.2, -0.15) is 0 Å². The van der Waals surface area contributed by atoms with Gasteiger partial charge in [0.25, 0.3) is 0 Å². The average Bonchev–Trinajstić information content (AvgIpc) is 2.16. The number of benzene rings is 1. The van der Waals surface area contributed by atoms with E-state index in [1.807, 2.05) is 12.1 Å². The highest BCUT2D eigenvalue weighted by molar-refractivity contribution is 9.09. The lowest BCUT2D eigenvalue weighted by molar-refractivity contribution is 0.213. The van der Waals surface area contributed by atoms with Crippen molar-refractivity contribution < 1.29 is 4.84 Å². The van der Waals surface area contributed by atoms with E-state index in [-0.39, 0.29) is 0 Å². The zero-order valence-corrected chi connectivity index (χ0v) is 9.34. The van der Waals surface area contributed by atoms with Gasteiger partial charge in [-0.15, -0.1) is 0 Å². The summed E-state index contributed by atoms with van der Waals surface area (Å²) in [5.74, 6) is 0. The number of hydrogen-bond donors (Lipinski definition) is 0. The Balaban J connectivity index is 2.92. The molecule has 1 aromatic carbocycles. The summed E-state index contributed by atoms with van der Waals surface area (Å²) in [5.41, 5.74) is 3.24. The summed E-state index contributed by atoms with van der Waals surface area (Å²) in [4.78, 5) is 4.74. The summed E-state index contributed by atoms with van der Waals surface area (Å²) in [7, 11) is 1.55. The van der Waals surface area contributed by atoms with Crippen LogP contribution in [0.4, 0.5) is 0 Å². The van der Waals surface area contributed by atoms with Crippen LogP contribution in [0, 0.1) is 6.92 Å². The highest BCUT2D eigenvalue weighted by atomic mass is 79.9. The van der Waals surface area contributed by atoms with Crippen molar-refractivity contribution in [3.63, 3.8) is 0 Å². The second kappa shape index (κ2) is 5.02. The number of alkyl halides is 1. The molecule has 0 saturated carbocycles.